The molecule has 2 aromatic rings. The van der Waals surface area contributed by atoms with Gasteiger partial charge in [0, 0.05) is 36.8 Å². The molecule has 0 spiro atoms. The van der Waals surface area contributed by atoms with Crippen molar-refractivity contribution in [3.8, 4) is 0 Å². The van der Waals surface area contributed by atoms with Gasteiger partial charge in [0.2, 0.25) is 5.91 Å². The van der Waals surface area contributed by atoms with Crippen LogP contribution in [0.5, 0.6) is 0 Å². The molecule has 0 unspecified atom stereocenters. The third kappa shape index (κ3) is 3.36. The quantitative estimate of drug-likeness (QED) is 0.943. The molecule has 6 heteroatoms. The summed E-state index contributed by atoms with van der Waals surface area (Å²) < 4.78 is 0.564. The van der Waals surface area contributed by atoms with E-state index in [4.69, 9.17) is 11.6 Å². The summed E-state index contributed by atoms with van der Waals surface area (Å²) in [5.74, 6) is 0.137. The fraction of sp³-hybridized carbons (Fsp3) is 0.333. The molecule has 1 amide bonds. The van der Waals surface area contributed by atoms with Crippen molar-refractivity contribution in [2.24, 2.45) is 0 Å². The van der Waals surface area contributed by atoms with E-state index in [2.05, 4.69) is 28.5 Å². The van der Waals surface area contributed by atoms with Gasteiger partial charge in [-0.3, -0.25) is 4.79 Å². The molecule has 0 fully saturated rings. The van der Waals surface area contributed by atoms with E-state index >= 15 is 0 Å². The lowest BCUT2D eigenvalue weighted by molar-refractivity contribution is -0.129. The Hall–Kier alpha value is -1.59. The van der Waals surface area contributed by atoms with E-state index in [9.17, 15) is 4.79 Å². The van der Waals surface area contributed by atoms with E-state index in [-0.39, 0.29) is 5.91 Å². The summed E-state index contributed by atoms with van der Waals surface area (Å²) in [6.45, 7) is 3.85. The van der Waals surface area contributed by atoms with Crippen LogP contribution in [-0.2, 0) is 24.3 Å². The Kier molecular flexibility index (Phi) is 4.12. The van der Waals surface area contributed by atoms with Crippen LogP contribution in [0.15, 0.2) is 24.4 Å². The van der Waals surface area contributed by atoms with E-state index in [0.717, 1.165) is 23.5 Å². The molecule has 110 valence electrons. The molecule has 1 aromatic carbocycles. The summed E-state index contributed by atoms with van der Waals surface area (Å²) in [6.07, 6.45) is 2.72. The monoisotopic (exact) mass is 321 g/mol. The van der Waals surface area contributed by atoms with Gasteiger partial charge in [-0.05, 0) is 29.7 Å². The SMILES string of the molecule is CC(=O)N1CCc2ccc(NCc3cnc(Cl)s3)cc2C1. The van der Waals surface area contributed by atoms with Crippen LogP contribution in [0.2, 0.25) is 4.47 Å². The normalized spacial score (nSPS) is 13.9. The van der Waals surface area contributed by atoms with Crippen molar-refractivity contribution in [2.75, 3.05) is 11.9 Å². The Morgan fingerprint density at radius 3 is 3.05 bits per heavy atom. The molecule has 4 nitrogen and oxygen atoms in total. The summed E-state index contributed by atoms with van der Waals surface area (Å²) in [7, 11) is 0. The maximum Gasteiger partial charge on any atom is 0.219 e. The number of fused-ring (bicyclic) bond motifs is 1. The predicted molar refractivity (Wildman–Crippen MR) is 85.7 cm³/mol. The zero-order valence-corrected chi connectivity index (χ0v) is 13.3. The second-order valence-electron chi connectivity index (χ2n) is 5.11. The van der Waals surface area contributed by atoms with Gasteiger partial charge in [-0.25, -0.2) is 4.98 Å². The topological polar surface area (TPSA) is 45.2 Å². The molecule has 3 rings (SSSR count). The first-order valence-corrected chi connectivity index (χ1v) is 8.02. The number of nitrogens with zero attached hydrogens (tertiary/aromatic N) is 2. The zero-order valence-electron chi connectivity index (χ0n) is 11.7. The number of carbonyl (C=O) groups excluding carboxylic acids is 1. The van der Waals surface area contributed by atoms with Crippen LogP contribution in [0.25, 0.3) is 0 Å². The summed E-state index contributed by atoms with van der Waals surface area (Å²) >= 11 is 7.30. The number of carbonyl (C=O) groups is 1. The lowest BCUT2D eigenvalue weighted by Crippen LogP contribution is -2.34. The third-order valence-electron chi connectivity index (χ3n) is 3.66. The largest absolute Gasteiger partial charge is 0.380 e. The molecule has 1 N–H and O–H groups in total. The van der Waals surface area contributed by atoms with Crippen LogP contribution in [0.1, 0.15) is 22.9 Å². The highest BCUT2D eigenvalue weighted by atomic mass is 35.5. The number of thiazole rings is 1. The van der Waals surface area contributed by atoms with Gasteiger partial charge in [-0.1, -0.05) is 17.7 Å². The predicted octanol–water partition coefficient (Wildman–Crippen LogP) is 3.31. The lowest BCUT2D eigenvalue weighted by Gasteiger charge is -2.28. The number of rotatable bonds is 3. The van der Waals surface area contributed by atoms with Gasteiger partial charge in [0.05, 0.1) is 6.54 Å². The molecule has 0 atom stereocenters. The number of hydrogen-bond acceptors (Lipinski definition) is 4. The van der Waals surface area contributed by atoms with E-state index in [1.807, 2.05) is 4.90 Å². The molecule has 21 heavy (non-hydrogen) atoms. The van der Waals surface area contributed by atoms with Crippen LogP contribution in [-0.4, -0.2) is 22.3 Å². The van der Waals surface area contributed by atoms with Crippen molar-refractivity contribution < 1.29 is 4.79 Å². The van der Waals surface area contributed by atoms with Crippen molar-refractivity contribution in [2.45, 2.75) is 26.4 Å². The van der Waals surface area contributed by atoms with Gasteiger partial charge in [0.25, 0.3) is 0 Å². The van der Waals surface area contributed by atoms with Crippen molar-refractivity contribution in [1.82, 2.24) is 9.88 Å². The van der Waals surface area contributed by atoms with E-state index < -0.39 is 0 Å². The van der Waals surface area contributed by atoms with E-state index in [1.54, 1.807) is 13.1 Å². The summed E-state index contributed by atoms with van der Waals surface area (Å²) in [5.41, 5.74) is 3.62. The van der Waals surface area contributed by atoms with Gasteiger partial charge < -0.3 is 10.2 Å². The van der Waals surface area contributed by atoms with Crippen LogP contribution < -0.4 is 5.32 Å². The van der Waals surface area contributed by atoms with Crippen molar-refractivity contribution in [1.29, 1.82) is 0 Å². The standard InChI is InChI=1S/C15H16ClN3OS/c1-10(20)19-5-4-11-2-3-13(6-12(11)9-19)17-7-14-8-18-15(16)21-14/h2-3,6,8,17H,4-5,7,9H2,1H3. The number of nitrogens with one attached hydrogen (secondary N) is 1. The Morgan fingerprint density at radius 2 is 2.33 bits per heavy atom. The minimum absolute atomic E-state index is 0.137. The Labute approximate surface area is 132 Å². The summed E-state index contributed by atoms with van der Waals surface area (Å²) in [4.78, 5) is 18.5. The van der Waals surface area contributed by atoms with Gasteiger partial charge in [0.1, 0.15) is 0 Å². The van der Waals surface area contributed by atoms with Crippen LogP contribution in [0, 0.1) is 0 Å². The lowest BCUT2D eigenvalue weighted by atomic mass is 9.99. The average molecular weight is 322 g/mol. The number of aromatic nitrogens is 1. The highest BCUT2D eigenvalue weighted by Gasteiger charge is 2.18. The van der Waals surface area contributed by atoms with Gasteiger partial charge in [-0.2, -0.15) is 0 Å². The number of amides is 1. The Bertz CT molecular complexity index is 671. The van der Waals surface area contributed by atoms with Crippen LogP contribution in [0.3, 0.4) is 0 Å². The summed E-state index contributed by atoms with van der Waals surface area (Å²) in [5, 5.41) is 3.38. The molecule has 1 aliphatic heterocycles. The van der Waals surface area contributed by atoms with Crippen LogP contribution >= 0.6 is 22.9 Å². The maximum absolute atomic E-state index is 11.5. The fourth-order valence-electron chi connectivity index (χ4n) is 2.49. The number of hydrogen-bond donors (Lipinski definition) is 1. The molecule has 0 radical (unpaired) electrons. The Morgan fingerprint density at radius 1 is 1.48 bits per heavy atom. The molecule has 0 saturated heterocycles. The molecular weight excluding hydrogens is 306 g/mol. The Balaban J connectivity index is 1.70. The number of anilines is 1. The average Bonchev–Trinajstić information content (AvgIpc) is 2.90. The number of halogens is 1. The molecular formula is C15H16ClN3OS. The van der Waals surface area contributed by atoms with E-state index in [0.29, 0.717) is 17.6 Å². The van der Waals surface area contributed by atoms with E-state index in [1.165, 1.54) is 22.5 Å². The second kappa shape index (κ2) is 6.03. The molecule has 1 aliphatic rings. The minimum atomic E-state index is 0.137. The third-order valence-corrected chi connectivity index (χ3v) is 4.77. The highest BCUT2D eigenvalue weighted by molar-refractivity contribution is 7.15. The highest BCUT2D eigenvalue weighted by Crippen LogP contribution is 2.24. The molecule has 0 saturated carbocycles. The van der Waals surface area contributed by atoms with Gasteiger partial charge in [-0.15, -0.1) is 11.3 Å². The molecule has 0 bridgehead atoms. The summed E-state index contributed by atoms with van der Waals surface area (Å²) in [6, 6.07) is 6.37. The fourth-order valence-corrected chi connectivity index (χ4v) is 3.41. The van der Waals surface area contributed by atoms with Crippen molar-refractivity contribution >= 4 is 34.5 Å². The van der Waals surface area contributed by atoms with Gasteiger partial charge in [0.15, 0.2) is 4.47 Å². The maximum atomic E-state index is 11.5. The van der Waals surface area contributed by atoms with Gasteiger partial charge >= 0.3 is 0 Å². The smallest absolute Gasteiger partial charge is 0.219 e. The molecule has 2 heterocycles. The second-order valence-corrected chi connectivity index (χ2v) is 6.80. The first kappa shape index (κ1) is 14.4. The van der Waals surface area contributed by atoms with Crippen LogP contribution in [0.4, 0.5) is 5.69 Å². The zero-order chi connectivity index (χ0) is 14.8. The first-order chi connectivity index (χ1) is 10.1. The molecule has 1 aromatic heterocycles. The minimum Gasteiger partial charge on any atom is -0.380 e. The van der Waals surface area contributed by atoms with Crippen molar-refractivity contribution in [3.63, 3.8) is 0 Å². The first-order valence-electron chi connectivity index (χ1n) is 6.83. The molecule has 0 aliphatic carbocycles. The van der Waals surface area contributed by atoms with Crippen molar-refractivity contribution in [3.05, 3.63) is 44.9 Å². The number of benzene rings is 1.